The smallest absolute Gasteiger partial charge is 0.256 e. The van der Waals surface area contributed by atoms with Crippen molar-refractivity contribution < 1.29 is 14.3 Å². The fourth-order valence-electron chi connectivity index (χ4n) is 3.51. The summed E-state index contributed by atoms with van der Waals surface area (Å²) < 4.78 is 10.7. The zero-order valence-corrected chi connectivity index (χ0v) is 17.8. The van der Waals surface area contributed by atoms with Crippen LogP contribution in [-0.2, 0) is 0 Å². The maximum atomic E-state index is 11.9. The maximum absolute atomic E-state index is 11.9. The number of nitrogens with one attached hydrogen (secondary N) is 1. The van der Waals surface area contributed by atoms with Crippen molar-refractivity contribution in [3.8, 4) is 33.9 Å². The molecule has 0 spiro atoms. The number of fused-ring (bicyclic) bond motifs is 1. The molecule has 0 unspecified atom stereocenters. The molecule has 0 saturated carbocycles. The Labute approximate surface area is 180 Å². The minimum absolute atomic E-state index is 0.125. The molecule has 0 aliphatic rings. The fourth-order valence-corrected chi connectivity index (χ4v) is 3.51. The molecule has 0 atom stereocenters. The van der Waals surface area contributed by atoms with E-state index in [1.54, 1.807) is 45.9 Å². The zero-order valence-electron chi connectivity index (χ0n) is 17.8. The topological polar surface area (TPSA) is 86.2 Å². The van der Waals surface area contributed by atoms with Crippen molar-refractivity contribution in [2.24, 2.45) is 0 Å². The van der Waals surface area contributed by atoms with Crippen LogP contribution < -0.4 is 14.8 Å². The molecule has 1 amide bonds. The second kappa shape index (κ2) is 8.39. The third-order valence-corrected chi connectivity index (χ3v) is 5.19. The van der Waals surface area contributed by atoms with Gasteiger partial charge in [0.15, 0.2) is 5.75 Å². The molecule has 7 heteroatoms. The Balaban J connectivity index is 1.92. The lowest BCUT2D eigenvalue weighted by atomic mass is 9.95. The first kappa shape index (κ1) is 20.3. The van der Waals surface area contributed by atoms with Gasteiger partial charge in [0.2, 0.25) is 0 Å². The van der Waals surface area contributed by atoms with E-state index in [9.17, 15) is 4.79 Å². The number of hydrogen-bond donors (Lipinski definition) is 1. The highest BCUT2D eigenvalue weighted by molar-refractivity contribution is 5.99. The Morgan fingerprint density at radius 1 is 0.903 bits per heavy atom. The van der Waals surface area contributed by atoms with Crippen molar-refractivity contribution in [2.75, 3.05) is 21.3 Å². The van der Waals surface area contributed by atoms with Crippen LogP contribution in [0.4, 0.5) is 0 Å². The van der Waals surface area contributed by atoms with Crippen molar-refractivity contribution in [3.05, 3.63) is 66.2 Å². The molecule has 2 heterocycles. The molecule has 4 rings (SSSR count). The average molecular weight is 414 g/mol. The highest BCUT2D eigenvalue weighted by atomic mass is 16.5. The van der Waals surface area contributed by atoms with Gasteiger partial charge in [-0.3, -0.25) is 4.79 Å². The van der Waals surface area contributed by atoms with Gasteiger partial charge >= 0.3 is 0 Å². The number of rotatable bonds is 5. The number of pyridine rings is 1. The normalized spacial score (nSPS) is 10.7. The summed E-state index contributed by atoms with van der Waals surface area (Å²) in [7, 11) is 4.76. The van der Waals surface area contributed by atoms with Crippen LogP contribution >= 0.6 is 0 Å². The van der Waals surface area contributed by atoms with Gasteiger partial charge < -0.3 is 14.8 Å². The van der Waals surface area contributed by atoms with Gasteiger partial charge in [0.05, 0.1) is 19.7 Å². The maximum Gasteiger partial charge on any atom is 0.256 e. The Morgan fingerprint density at radius 3 is 2.35 bits per heavy atom. The molecule has 0 aliphatic carbocycles. The summed E-state index contributed by atoms with van der Waals surface area (Å²) >= 11 is 0. The first-order chi connectivity index (χ1) is 15.0. The van der Waals surface area contributed by atoms with Gasteiger partial charge in [0, 0.05) is 41.0 Å². The van der Waals surface area contributed by atoms with E-state index in [0.29, 0.717) is 17.2 Å². The lowest BCUT2D eigenvalue weighted by Crippen LogP contribution is -2.17. The number of nitrogens with zero attached hydrogens (tertiary/aromatic N) is 3. The molecular formula is C24H22N4O3. The Morgan fingerprint density at radius 2 is 1.68 bits per heavy atom. The highest BCUT2D eigenvalue weighted by Crippen LogP contribution is 2.36. The SMILES string of the molecule is CNC(=O)c1ccc(-c2cc(-c3cnc(OC)c(OC)c3)cc3c(C)ncnc23)cc1. The number of benzene rings is 2. The molecule has 4 aromatic rings. The summed E-state index contributed by atoms with van der Waals surface area (Å²) in [6.45, 7) is 1.96. The minimum atomic E-state index is -0.125. The summed E-state index contributed by atoms with van der Waals surface area (Å²) in [5.41, 5.74) is 6.04. The number of amides is 1. The van der Waals surface area contributed by atoms with Crippen LogP contribution in [0.5, 0.6) is 11.6 Å². The molecule has 2 aromatic heterocycles. The van der Waals surface area contributed by atoms with Crippen molar-refractivity contribution in [1.29, 1.82) is 0 Å². The third-order valence-electron chi connectivity index (χ3n) is 5.19. The van der Waals surface area contributed by atoms with E-state index in [1.807, 2.05) is 25.1 Å². The summed E-state index contributed by atoms with van der Waals surface area (Å²) in [4.78, 5) is 25.2. The predicted molar refractivity (Wildman–Crippen MR) is 119 cm³/mol. The van der Waals surface area contributed by atoms with Gasteiger partial charge in [-0.1, -0.05) is 12.1 Å². The van der Waals surface area contributed by atoms with E-state index in [0.717, 1.165) is 38.9 Å². The van der Waals surface area contributed by atoms with Crippen molar-refractivity contribution in [3.63, 3.8) is 0 Å². The van der Waals surface area contributed by atoms with Gasteiger partial charge in [0.25, 0.3) is 11.8 Å². The van der Waals surface area contributed by atoms with E-state index < -0.39 is 0 Å². The van der Waals surface area contributed by atoms with Crippen LogP contribution in [0.25, 0.3) is 33.2 Å². The predicted octanol–water partition coefficient (Wildman–Crippen LogP) is 4.04. The third kappa shape index (κ3) is 3.77. The number of methoxy groups -OCH3 is 2. The van der Waals surface area contributed by atoms with Crippen LogP contribution in [-0.4, -0.2) is 42.1 Å². The van der Waals surface area contributed by atoms with Crippen LogP contribution in [0.3, 0.4) is 0 Å². The monoisotopic (exact) mass is 414 g/mol. The molecule has 1 N–H and O–H groups in total. The lowest BCUT2D eigenvalue weighted by molar-refractivity contribution is 0.0963. The quantitative estimate of drug-likeness (QED) is 0.530. The molecule has 0 radical (unpaired) electrons. The van der Waals surface area contributed by atoms with Crippen LogP contribution in [0.2, 0.25) is 0 Å². The number of hydrogen-bond acceptors (Lipinski definition) is 6. The first-order valence-corrected chi connectivity index (χ1v) is 9.72. The second-order valence-electron chi connectivity index (χ2n) is 6.97. The fraction of sp³-hybridized carbons (Fsp3) is 0.167. The van der Waals surface area contributed by atoms with Crippen LogP contribution in [0.1, 0.15) is 16.1 Å². The summed E-state index contributed by atoms with van der Waals surface area (Å²) in [5, 5.41) is 3.58. The first-order valence-electron chi connectivity index (χ1n) is 9.72. The van der Waals surface area contributed by atoms with Crippen LogP contribution in [0, 0.1) is 6.92 Å². The number of carbonyl (C=O) groups is 1. The largest absolute Gasteiger partial charge is 0.491 e. The van der Waals surface area contributed by atoms with Crippen molar-refractivity contribution in [2.45, 2.75) is 6.92 Å². The summed E-state index contributed by atoms with van der Waals surface area (Å²) in [6.07, 6.45) is 3.32. The summed E-state index contributed by atoms with van der Waals surface area (Å²) in [6, 6.07) is 13.5. The van der Waals surface area contributed by atoms with E-state index in [2.05, 4.69) is 32.4 Å². The average Bonchev–Trinajstić information content (AvgIpc) is 2.83. The van der Waals surface area contributed by atoms with Gasteiger partial charge in [-0.15, -0.1) is 0 Å². The van der Waals surface area contributed by atoms with Crippen LogP contribution in [0.15, 0.2) is 55.0 Å². The Kier molecular flexibility index (Phi) is 5.49. The molecule has 156 valence electrons. The minimum Gasteiger partial charge on any atom is -0.491 e. The molecule has 31 heavy (non-hydrogen) atoms. The standard InChI is InChI=1S/C24H22N4O3/c1-14-19-9-17(18-11-21(30-3)24(31-4)26-12-18)10-20(22(19)28-13-27-14)15-5-7-16(8-6-15)23(29)25-2/h5-13H,1-4H3,(H,25,29). The van der Waals surface area contributed by atoms with E-state index in [4.69, 9.17) is 9.47 Å². The van der Waals surface area contributed by atoms with Gasteiger partial charge in [-0.05, 0) is 48.4 Å². The Hall–Kier alpha value is -4.00. The number of aromatic nitrogens is 3. The van der Waals surface area contributed by atoms with Crippen molar-refractivity contribution in [1.82, 2.24) is 20.3 Å². The number of aryl methyl sites for hydroxylation is 1. The van der Waals surface area contributed by atoms with Gasteiger partial charge in [-0.25, -0.2) is 15.0 Å². The second-order valence-corrected chi connectivity index (χ2v) is 6.97. The van der Waals surface area contributed by atoms with Crippen molar-refractivity contribution >= 4 is 16.8 Å². The number of ether oxygens (including phenoxy) is 2. The van der Waals surface area contributed by atoms with E-state index in [1.165, 1.54) is 0 Å². The molecule has 0 fully saturated rings. The molecule has 0 aliphatic heterocycles. The molecule has 2 aromatic carbocycles. The summed E-state index contributed by atoms with van der Waals surface area (Å²) in [5.74, 6) is 0.855. The molecule has 7 nitrogen and oxygen atoms in total. The highest BCUT2D eigenvalue weighted by Gasteiger charge is 2.14. The molecular weight excluding hydrogens is 392 g/mol. The lowest BCUT2D eigenvalue weighted by Gasteiger charge is -2.13. The van der Waals surface area contributed by atoms with E-state index in [-0.39, 0.29) is 5.91 Å². The van der Waals surface area contributed by atoms with Gasteiger partial charge in [0.1, 0.15) is 6.33 Å². The van der Waals surface area contributed by atoms with Gasteiger partial charge in [-0.2, -0.15) is 0 Å². The molecule has 0 saturated heterocycles. The number of carbonyl (C=O) groups excluding carboxylic acids is 1. The Bertz CT molecular complexity index is 1270. The zero-order chi connectivity index (χ0) is 22.0. The molecule has 0 bridgehead atoms. The van der Waals surface area contributed by atoms with E-state index >= 15 is 0 Å².